The van der Waals surface area contributed by atoms with Crippen LogP contribution in [-0.2, 0) is 20.1 Å². The average molecular weight is 447 g/mol. The van der Waals surface area contributed by atoms with Gasteiger partial charge in [-0.1, -0.05) is 36.4 Å². The van der Waals surface area contributed by atoms with Gasteiger partial charge < -0.3 is 4.90 Å². The monoisotopic (exact) mass is 445 g/mol. The molecule has 116 valence electrons. The third kappa shape index (κ3) is 4.25. The zero-order valence-corrected chi connectivity index (χ0v) is 15.6. The molecule has 0 spiro atoms. The predicted octanol–water partition coefficient (Wildman–Crippen LogP) is 3.83. The van der Waals surface area contributed by atoms with E-state index in [9.17, 15) is 9.00 Å². The number of carbonyl (C=O) groups is 1. The van der Waals surface area contributed by atoms with Crippen molar-refractivity contribution in [3.05, 3.63) is 60.7 Å². The molecular formula is C15H13Br2NO3S. The van der Waals surface area contributed by atoms with Gasteiger partial charge in [0.15, 0.2) is 11.1 Å². The highest BCUT2D eigenvalue weighted by atomic mass is 79.9. The van der Waals surface area contributed by atoms with E-state index >= 15 is 0 Å². The van der Waals surface area contributed by atoms with Crippen molar-refractivity contribution in [2.24, 2.45) is 0 Å². The van der Waals surface area contributed by atoms with E-state index in [1.807, 2.05) is 24.3 Å². The van der Waals surface area contributed by atoms with Gasteiger partial charge in [0.25, 0.3) is 9.33 Å². The van der Waals surface area contributed by atoms with Crippen molar-refractivity contribution in [1.82, 2.24) is 0 Å². The molecule has 0 saturated heterocycles. The fourth-order valence-corrected chi connectivity index (χ4v) is 3.66. The van der Waals surface area contributed by atoms with Crippen molar-refractivity contribution in [2.75, 3.05) is 11.9 Å². The van der Waals surface area contributed by atoms with E-state index in [2.05, 4.69) is 31.9 Å². The van der Waals surface area contributed by atoms with E-state index in [0.29, 0.717) is 10.6 Å². The average Bonchev–Trinajstić information content (AvgIpc) is 2.54. The maximum Gasteiger partial charge on any atom is 0.282 e. The molecule has 0 radical (unpaired) electrons. The SMILES string of the molecule is CN(C(=O)C(Br)(Br)OS(=O)c1ccccc1)c1ccccc1. The summed E-state index contributed by atoms with van der Waals surface area (Å²) in [4.78, 5) is 14.4. The third-order valence-electron chi connectivity index (χ3n) is 2.81. The summed E-state index contributed by atoms with van der Waals surface area (Å²) in [5, 5.41) is 0. The minimum absolute atomic E-state index is 0.428. The summed E-state index contributed by atoms with van der Waals surface area (Å²) < 4.78 is 15.9. The molecule has 7 heteroatoms. The highest BCUT2D eigenvalue weighted by molar-refractivity contribution is 9.25. The molecule has 4 nitrogen and oxygen atoms in total. The van der Waals surface area contributed by atoms with Crippen LogP contribution in [0.5, 0.6) is 0 Å². The van der Waals surface area contributed by atoms with Crippen LogP contribution in [0.25, 0.3) is 0 Å². The van der Waals surface area contributed by atoms with Crippen molar-refractivity contribution in [1.29, 1.82) is 0 Å². The lowest BCUT2D eigenvalue weighted by molar-refractivity contribution is -0.122. The molecule has 0 fully saturated rings. The molecule has 0 N–H and O–H groups in total. The molecule has 0 heterocycles. The second-order valence-electron chi connectivity index (χ2n) is 4.35. The van der Waals surface area contributed by atoms with E-state index in [1.165, 1.54) is 4.90 Å². The lowest BCUT2D eigenvalue weighted by Gasteiger charge is -2.25. The Kier molecular flexibility index (Phi) is 5.91. The van der Waals surface area contributed by atoms with Crippen LogP contribution in [0, 0.1) is 0 Å². The summed E-state index contributed by atoms with van der Waals surface area (Å²) in [6.07, 6.45) is 0. The summed E-state index contributed by atoms with van der Waals surface area (Å²) in [7, 11) is 1.61. The predicted molar refractivity (Wildman–Crippen MR) is 94.4 cm³/mol. The van der Waals surface area contributed by atoms with Gasteiger partial charge in [-0.15, -0.1) is 0 Å². The number of rotatable bonds is 5. The number of carbonyl (C=O) groups excluding carboxylic acids is 1. The van der Waals surface area contributed by atoms with Crippen molar-refractivity contribution < 1.29 is 13.2 Å². The number of benzene rings is 2. The third-order valence-corrected chi connectivity index (χ3v) is 5.30. The number of amides is 1. The molecule has 1 atom stereocenters. The smallest absolute Gasteiger partial charge is 0.282 e. The normalized spacial score (nSPS) is 12.7. The Labute approximate surface area is 148 Å². The van der Waals surface area contributed by atoms with Crippen molar-refractivity contribution in [3.8, 4) is 0 Å². The zero-order chi connectivity index (χ0) is 16.2. The van der Waals surface area contributed by atoms with Gasteiger partial charge in [0.1, 0.15) is 0 Å². The summed E-state index contributed by atoms with van der Waals surface area (Å²) in [5.74, 6) is -0.428. The molecule has 22 heavy (non-hydrogen) atoms. The molecule has 0 aliphatic carbocycles. The molecule has 1 unspecified atom stereocenters. The number of likely N-dealkylation sites (N-methyl/N-ethyl adjacent to an activating group) is 1. The fourth-order valence-electron chi connectivity index (χ4n) is 1.67. The number of para-hydroxylation sites is 1. The van der Waals surface area contributed by atoms with Crippen LogP contribution in [0.4, 0.5) is 5.69 Å². The first-order valence-corrected chi connectivity index (χ1v) is 8.95. The highest BCUT2D eigenvalue weighted by Gasteiger charge is 2.39. The van der Waals surface area contributed by atoms with Crippen LogP contribution < -0.4 is 4.90 Å². The Bertz CT molecular complexity index is 665. The van der Waals surface area contributed by atoms with Crippen LogP contribution >= 0.6 is 31.9 Å². The number of anilines is 1. The first-order chi connectivity index (χ1) is 10.4. The number of hydrogen-bond acceptors (Lipinski definition) is 3. The topological polar surface area (TPSA) is 46.6 Å². The van der Waals surface area contributed by atoms with Crippen LogP contribution in [0.15, 0.2) is 65.6 Å². The lowest BCUT2D eigenvalue weighted by Crippen LogP contribution is -2.41. The minimum Gasteiger partial charge on any atom is -0.311 e. The Morgan fingerprint density at radius 3 is 2.09 bits per heavy atom. The summed E-state index contributed by atoms with van der Waals surface area (Å²) >= 11 is 4.52. The van der Waals surface area contributed by atoms with Crippen LogP contribution in [-0.4, -0.2) is 20.6 Å². The van der Waals surface area contributed by atoms with E-state index < -0.39 is 20.4 Å². The van der Waals surface area contributed by atoms with Crippen LogP contribution in [0.3, 0.4) is 0 Å². The second kappa shape index (κ2) is 7.50. The first kappa shape index (κ1) is 17.3. The number of nitrogens with zero attached hydrogens (tertiary/aromatic N) is 1. The largest absolute Gasteiger partial charge is 0.311 e. The molecule has 0 saturated carbocycles. The molecule has 1 amide bonds. The van der Waals surface area contributed by atoms with Crippen molar-refractivity contribution in [3.63, 3.8) is 0 Å². The Morgan fingerprint density at radius 2 is 1.55 bits per heavy atom. The zero-order valence-electron chi connectivity index (χ0n) is 11.6. The van der Waals surface area contributed by atoms with Gasteiger partial charge >= 0.3 is 0 Å². The lowest BCUT2D eigenvalue weighted by atomic mass is 10.3. The number of alkyl halides is 2. The molecule has 2 aromatic rings. The quantitative estimate of drug-likeness (QED) is 0.655. The Morgan fingerprint density at radius 1 is 1.05 bits per heavy atom. The molecule has 0 aliphatic heterocycles. The fraction of sp³-hybridized carbons (Fsp3) is 0.133. The van der Waals surface area contributed by atoms with Crippen LogP contribution in [0.2, 0.25) is 0 Å². The maximum atomic E-state index is 12.5. The van der Waals surface area contributed by atoms with Gasteiger partial charge in [-0.25, -0.2) is 8.39 Å². The summed E-state index contributed by atoms with van der Waals surface area (Å²) in [6.45, 7) is 0. The maximum absolute atomic E-state index is 12.5. The summed E-state index contributed by atoms with van der Waals surface area (Å²) in [5.41, 5.74) is 0.699. The summed E-state index contributed by atoms with van der Waals surface area (Å²) in [6, 6.07) is 17.7. The molecule has 2 rings (SSSR count). The molecular weight excluding hydrogens is 434 g/mol. The number of halogens is 2. The second-order valence-corrected chi connectivity index (χ2v) is 8.75. The number of hydrogen-bond donors (Lipinski definition) is 0. The van der Waals surface area contributed by atoms with Crippen LogP contribution in [0.1, 0.15) is 0 Å². The molecule has 2 aromatic carbocycles. The van der Waals surface area contributed by atoms with Gasteiger partial charge in [0, 0.05) is 12.7 Å². The van der Waals surface area contributed by atoms with Gasteiger partial charge in [-0.05, 0) is 56.1 Å². The van der Waals surface area contributed by atoms with Crippen molar-refractivity contribution in [2.45, 2.75) is 8.32 Å². The molecule has 0 aliphatic rings. The molecule has 0 aromatic heterocycles. The van der Waals surface area contributed by atoms with Gasteiger partial charge in [-0.3, -0.25) is 4.79 Å². The van der Waals surface area contributed by atoms with Gasteiger partial charge in [-0.2, -0.15) is 0 Å². The van der Waals surface area contributed by atoms with E-state index in [4.69, 9.17) is 4.18 Å². The minimum atomic E-state index is -1.79. The van der Waals surface area contributed by atoms with Gasteiger partial charge in [0.2, 0.25) is 0 Å². The first-order valence-electron chi connectivity index (χ1n) is 6.29. The van der Waals surface area contributed by atoms with E-state index in [1.54, 1.807) is 43.4 Å². The van der Waals surface area contributed by atoms with E-state index in [0.717, 1.165) is 0 Å². The highest BCUT2D eigenvalue weighted by Crippen LogP contribution is 2.33. The Balaban J connectivity index is 2.12. The van der Waals surface area contributed by atoms with E-state index in [-0.39, 0.29) is 0 Å². The Hall–Kier alpha value is -1.02. The molecule has 0 bridgehead atoms. The standard InChI is InChI=1S/C15H13Br2NO3S/c1-18(12-8-4-2-5-9-12)14(19)15(16,17)21-22(20)13-10-6-3-7-11-13/h2-11H,1H3. The van der Waals surface area contributed by atoms with Crippen molar-refractivity contribution >= 4 is 54.5 Å². The van der Waals surface area contributed by atoms with Gasteiger partial charge in [0.05, 0.1) is 4.90 Å².